The quantitative estimate of drug-likeness (QED) is 0.494. The van der Waals surface area contributed by atoms with Crippen molar-refractivity contribution in [3.63, 3.8) is 0 Å². The van der Waals surface area contributed by atoms with E-state index in [4.69, 9.17) is 4.74 Å². The zero-order valence-electron chi connectivity index (χ0n) is 17.4. The zero-order valence-corrected chi connectivity index (χ0v) is 17.4. The summed E-state index contributed by atoms with van der Waals surface area (Å²) in [4.78, 5) is 17.6. The van der Waals surface area contributed by atoms with Gasteiger partial charge in [-0.15, -0.1) is 5.10 Å². The highest BCUT2D eigenvalue weighted by Crippen LogP contribution is 2.22. The molecule has 2 aromatic heterocycles. The largest absolute Gasteiger partial charge is 0.497 e. The lowest BCUT2D eigenvalue weighted by Crippen LogP contribution is -3.10. The summed E-state index contributed by atoms with van der Waals surface area (Å²) in [5.74, 6) is 1.43. The molecule has 0 aliphatic carbocycles. The molecule has 2 N–H and O–H groups in total. The van der Waals surface area contributed by atoms with Gasteiger partial charge in [-0.1, -0.05) is 30.3 Å². The summed E-state index contributed by atoms with van der Waals surface area (Å²) in [6.45, 7) is 2.54. The third-order valence-electron chi connectivity index (χ3n) is 6.04. The zero-order chi connectivity index (χ0) is 21.2. The number of aromatic nitrogens is 5. The summed E-state index contributed by atoms with van der Waals surface area (Å²) in [7, 11) is 1.62. The van der Waals surface area contributed by atoms with E-state index >= 15 is 0 Å². The van der Waals surface area contributed by atoms with Crippen LogP contribution < -0.4 is 15.2 Å². The smallest absolute Gasteiger partial charge is 0.258 e. The molecule has 0 unspecified atom stereocenters. The van der Waals surface area contributed by atoms with E-state index in [0.29, 0.717) is 17.9 Å². The molecule has 31 heavy (non-hydrogen) atoms. The number of fused-ring (bicyclic) bond motifs is 1. The number of quaternary nitrogens is 1. The van der Waals surface area contributed by atoms with Crippen molar-refractivity contribution < 1.29 is 9.64 Å². The van der Waals surface area contributed by atoms with Crippen LogP contribution in [0.25, 0.3) is 10.9 Å². The number of rotatable bonds is 6. The molecule has 3 heterocycles. The van der Waals surface area contributed by atoms with E-state index in [1.165, 1.54) is 4.90 Å². The number of hydrogen-bond donors (Lipinski definition) is 2. The molecule has 0 saturated carbocycles. The van der Waals surface area contributed by atoms with Crippen molar-refractivity contribution >= 4 is 10.9 Å². The highest BCUT2D eigenvalue weighted by Gasteiger charge is 2.35. The third kappa shape index (κ3) is 3.82. The molecule has 5 rings (SSSR count). The molecule has 0 radical (unpaired) electrons. The minimum Gasteiger partial charge on any atom is -0.497 e. The standard InChI is InChI=1S/C23H24N6O2/c1-31-18-10-9-17-13-19(23(30)24-20(17)14-18)21(28-11-5-6-12-28)22-25-26-27-29(22)15-16-7-3-2-4-8-16/h2-4,7-10,13-14,21H,5-6,11-12,15H2,1H3,(H,24,30)/p+1/t21-/m1/s1. The monoisotopic (exact) mass is 417 g/mol. The number of nitrogens with one attached hydrogen (secondary N) is 2. The molecule has 1 aliphatic heterocycles. The van der Waals surface area contributed by atoms with Crippen LogP contribution in [0.2, 0.25) is 0 Å². The van der Waals surface area contributed by atoms with Crippen LogP contribution in [0.1, 0.15) is 35.8 Å². The number of tetrazole rings is 1. The van der Waals surface area contributed by atoms with Gasteiger partial charge in [0.2, 0.25) is 5.82 Å². The first-order chi connectivity index (χ1) is 15.2. The number of hydrogen-bond acceptors (Lipinski definition) is 5. The Morgan fingerprint density at radius 3 is 2.71 bits per heavy atom. The lowest BCUT2D eigenvalue weighted by molar-refractivity contribution is -0.914. The molecule has 4 aromatic rings. The molecule has 0 amide bonds. The second kappa shape index (κ2) is 8.31. The number of methoxy groups -OCH3 is 1. The summed E-state index contributed by atoms with van der Waals surface area (Å²) >= 11 is 0. The number of nitrogens with zero attached hydrogens (tertiary/aromatic N) is 4. The second-order valence-corrected chi connectivity index (χ2v) is 7.99. The van der Waals surface area contributed by atoms with Gasteiger partial charge < -0.3 is 14.6 Å². The molecule has 1 fully saturated rings. The van der Waals surface area contributed by atoms with Gasteiger partial charge in [0.15, 0.2) is 6.04 Å². The van der Waals surface area contributed by atoms with Crippen LogP contribution in [-0.2, 0) is 6.54 Å². The van der Waals surface area contributed by atoms with Crippen molar-refractivity contribution in [1.82, 2.24) is 25.2 Å². The van der Waals surface area contributed by atoms with E-state index in [2.05, 4.69) is 32.6 Å². The van der Waals surface area contributed by atoms with Gasteiger partial charge in [0.05, 0.1) is 37.8 Å². The average Bonchev–Trinajstić information content (AvgIpc) is 3.48. The molecule has 2 aromatic carbocycles. The van der Waals surface area contributed by atoms with Gasteiger partial charge in [-0.2, -0.15) is 0 Å². The molecule has 1 saturated heterocycles. The first-order valence-corrected chi connectivity index (χ1v) is 10.6. The van der Waals surface area contributed by atoms with E-state index in [1.54, 1.807) is 7.11 Å². The second-order valence-electron chi connectivity index (χ2n) is 7.99. The maximum atomic E-state index is 13.2. The molecule has 1 atom stereocenters. The Balaban J connectivity index is 1.61. The highest BCUT2D eigenvalue weighted by atomic mass is 16.5. The molecule has 0 spiro atoms. The fraction of sp³-hybridized carbons (Fsp3) is 0.304. The van der Waals surface area contributed by atoms with Crippen LogP contribution in [0.3, 0.4) is 0 Å². The van der Waals surface area contributed by atoms with Crippen LogP contribution in [0.5, 0.6) is 5.75 Å². The maximum absolute atomic E-state index is 13.2. The topological polar surface area (TPSA) is 90.1 Å². The van der Waals surface area contributed by atoms with Crippen LogP contribution in [0, 0.1) is 0 Å². The van der Waals surface area contributed by atoms with Gasteiger partial charge >= 0.3 is 0 Å². The highest BCUT2D eigenvalue weighted by molar-refractivity contribution is 5.80. The molecular formula is C23H25N6O2+. The fourth-order valence-corrected chi connectivity index (χ4v) is 4.49. The molecule has 158 valence electrons. The molecule has 1 aliphatic rings. The van der Waals surface area contributed by atoms with Crippen molar-refractivity contribution in [1.29, 1.82) is 0 Å². The van der Waals surface area contributed by atoms with Crippen LogP contribution in [0.4, 0.5) is 0 Å². The van der Waals surface area contributed by atoms with Gasteiger partial charge in [0.25, 0.3) is 5.56 Å². The summed E-state index contributed by atoms with van der Waals surface area (Å²) in [6.07, 6.45) is 2.27. The minimum absolute atomic E-state index is 0.112. The van der Waals surface area contributed by atoms with Crippen LogP contribution >= 0.6 is 0 Å². The Hall–Kier alpha value is -3.52. The summed E-state index contributed by atoms with van der Waals surface area (Å²) in [5.41, 5.74) is 2.45. The molecule has 0 bridgehead atoms. The summed E-state index contributed by atoms with van der Waals surface area (Å²) in [5, 5.41) is 13.6. The van der Waals surface area contributed by atoms with Gasteiger partial charge in [-0.05, 0) is 39.6 Å². The maximum Gasteiger partial charge on any atom is 0.258 e. The fourth-order valence-electron chi connectivity index (χ4n) is 4.49. The Morgan fingerprint density at radius 1 is 1.13 bits per heavy atom. The van der Waals surface area contributed by atoms with Crippen LogP contribution in [-0.4, -0.2) is 45.4 Å². The van der Waals surface area contributed by atoms with Gasteiger partial charge in [-0.25, -0.2) is 4.68 Å². The van der Waals surface area contributed by atoms with Crippen molar-refractivity contribution in [2.45, 2.75) is 25.4 Å². The number of H-pyrrole nitrogens is 1. The van der Waals surface area contributed by atoms with Crippen molar-refractivity contribution in [3.8, 4) is 5.75 Å². The SMILES string of the molecule is COc1ccc2cc([C@H](c3nnnn3Cc3ccccc3)[NH+]3CCCC3)c(=O)[nH]c2c1. The van der Waals surface area contributed by atoms with E-state index in [9.17, 15) is 4.79 Å². The Labute approximate surface area is 179 Å². The van der Waals surface area contributed by atoms with Crippen molar-refractivity contribution in [2.75, 3.05) is 20.2 Å². The normalized spacial score (nSPS) is 15.4. The van der Waals surface area contributed by atoms with Gasteiger partial charge in [-0.3, -0.25) is 4.79 Å². The molecule has 8 nitrogen and oxygen atoms in total. The van der Waals surface area contributed by atoms with Gasteiger partial charge in [0.1, 0.15) is 5.75 Å². The lowest BCUT2D eigenvalue weighted by Gasteiger charge is -2.23. The van der Waals surface area contributed by atoms with Gasteiger partial charge in [0, 0.05) is 18.9 Å². The lowest BCUT2D eigenvalue weighted by atomic mass is 10.0. The first-order valence-electron chi connectivity index (χ1n) is 10.6. The third-order valence-corrected chi connectivity index (χ3v) is 6.04. The summed E-state index contributed by atoms with van der Waals surface area (Å²) < 4.78 is 7.12. The number of aromatic amines is 1. The summed E-state index contributed by atoms with van der Waals surface area (Å²) in [6, 6.07) is 17.6. The molecular weight excluding hydrogens is 392 g/mol. The number of likely N-dealkylation sites (tertiary alicyclic amines) is 1. The first kappa shape index (κ1) is 19.4. The number of pyridine rings is 1. The van der Waals surface area contributed by atoms with Crippen molar-refractivity contribution in [3.05, 3.63) is 81.9 Å². The van der Waals surface area contributed by atoms with Crippen LogP contribution in [0.15, 0.2) is 59.4 Å². The Morgan fingerprint density at radius 2 is 1.94 bits per heavy atom. The average molecular weight is 417 g/mol. The van der Waals surface area contributed by atoms with E-state index in [0.717, 1.165) is 48.2 Å². The van der Waals surface area contributed by atoms with Crippen molar-refractivity contribution in [2.24, 2.45) is 0 Å². The molecule has 8 heteroatoms. The van der Waals surface area contributed by atoms with E-state index in [1.807, 2.05) is 47.1 Å². The number of benzene rings is 2. The minimum atomic E-state index is -0.225. The van der Waals surface area contributed by atoms with E-state index < -0.39 is 0 Å². The predicted molar refractivity (Wildman–Crippen MR) is 116 cm³/mol. The Kier molecular flexibility index (Phi) is 5.21. The Bertz CT molecular complexity index is 1240. The number of ether oxygens (including phenoxy) is 1. The predicted octanol–water partition coefficient (Wildman–Crippen LogP) is 1.34. The van der Waals surface area contributed by atoms with E-state index in [-0.39, 0.29) is 11.6 Å².